The molecule has 3 aromatic rings. The summed E-state index contributed by atoms with van der Waals surface area (Å²) >= 11 is 7.28. The molecule has 0 saturated carbocycles. The highest BCUT2D eigenvalue weighted by Gasteiger charge is 2.30. The average Bonchev–Trinajstić information content (AvgIpc) is 3.22. The number of aryl methyl sites for hydroxylation is 1. The van der Waals surface area contributed by atoms with E-state index in [0.29, 0.717) is 45.7 Å². The number of carbonyl (C=O) groups is 3. The number of ether oxygens (including phenoxy) is 1. The number of rotatable bonds is 6. The van der Waals surface area contributed by atoms with E-state index in [4.69, 9.17) is 16.3 Å². The minimum Gasteiger partial charge on any atom is -0.462 e. The van der Waals surface area contributed by atoms with E-state index in [1.807, 2.05) is 0 Å². The van der Waals surface area contributed by atoms with Crippen molar-refractivity contribution in [3.63, 3.8) is 0 Å². The van der Waals surface area contributed by atoms with Gasteiger partial charge in [0.25, 0.3) is 5.91 Å². The molecule has 0 radical (unpaired) electrons. The number of halogens is 1. The summed E-state index contributed by atoms with van der Waals surface area (Å²) in [5.41, 5.74) is 2.20. The number of hydrogen-bond donors (Lipinski definition) is 2. The Morgan fingerprint density at radius 2 is 1.76 bits per heavy atom. The van der Waals surface area contributed by atoms with Crippen molar-refractivity contribution in [2.75, 3.05) is 17.2 Å². The average molecular weight is 484 g/mol. The summed E-state index contributed by atoms with van der Waals surface area (Å²) in [7, 11) is 0. The van der Waals surface area contributed by atoms with Crippen LogP contribution >= 0.6 is 22.9 Å². The maximum atomic E-state index is 13.0. The van der Waals surface area contributed by atoms with E-state index in [2.05, 4.69) is 15.6 Å². The topological polar surface area (TPSA) is 97.4 Å². The number of fused-ring (bicyclic) bond motifs is 1. The fourth-order valence-corrected chi connectivity index (χ4v) is 4.82. The zero-order valence-electron chi connectivity index (χ0n) is 17.9. The van der Waals surface area contributed by atoms with Crippen LogP contribution in [0.4, 0.5) is 10.8 Å². The first-order valence-corrected chi connectivity index (χ1v) is 11.8. The first kappa shape index (κ1) is 22.9. The largest absolute Gasteiger partial charge is 0.462 e. The van der Waals surface area contributed by atoms with Gasteiger partial charge < -0.3 is 10.1 Å². The summed E-state index contributed by atoms with van der Waals surface area (Å²) in [5, 5.41) is 6.75. The lowest BCUT2D eigenvalue weighted by Crippen LogP contribution is -2.24. The first-order valence-electron chi connectivity index (χ1n) is 10.6. The molecule has 4 rings (SSSR count). The maximum absolute atomic E-state index is 13.0. The van der Waals surface area contributed by atoms with Crippen LogP contribution in [-0.4, -0.2) is 29.4 Å². The number of esters is 1. The van der Waals surface area contributed by atoms with E-state index in [0.717, 1.165) is 17.7 Å². The molecule has 0 bridgehead atoms. The van der Waals surface area contributed by atoms with Gasteiger partial charge in [0, 0.05) is 21.2 Å². The molecular weight excluding hydrogens is 462 g/mol. The van der Waals surface area contributed by atoms with Crippen LogP contribution in [0.2, 0.25) is 5.02 Å². The lowest BCUT2D eigenvalue weighted by molar-refractivity contribution is -0.117. The number of nitrogens with one attached hydrogen (secondary N) is 2. The predicted octanol–water partition coefficient (Wildman–Crippen LogP) is 5.28. The Kier molecular flexibility index (Phi) is 7.05. The van der Waals surface area contributed by atoms with Crippen molar-refractivity contribution in [1.29, 1.82) is 0 Å². The quantitative estimate of drug-likeness (QED) is 0.464. The predicted molar refractivity (Wildman–Crippen MR) is 128 cm³/mol. The van der Waals surface area contributed by atoms with E-state index in [-0.39, 0.29) is 11.8 Å². The molecule has 0 saturated heterocycles. The number of benzene rings is 2. The van der Waals surface area contributed by atoms with Gasteiger partial charge in [-0.2, -0.15) is 0 Å². The molecule has 2 N–H and O–H groups in total. The van der Waals surface area contributed by atoms with Crippen molar-refractivity contribution in [2.45, 2.75) is 32.1 Å². The zero-order chi connectivity index (χ0) is 23.4. The van der Waals surface area contributed by atoms with Crippen LogP contribution in [0.25, 0.3) is 0 Å². The van der Waals surface area contributed by atoms with Gasteiger partial charge in [0.15, 0.2) is 5.13 Å². The molecule has 1 aliphatic carbocycles. The van der Waals surface area contributed by atoms with Crippen LogP contribution in [0.1, 0.15) is 57.0 Å². The second-order valence-electron chi connectivity index (χ2n) is 7.52. The van der Waals surface area contributed by atoms with Gasteiger partial charge in [0.2, 0.25) is 5.91 Å². The highest BCUT2D eigenvalue weighted by atomic mass is 35.5. The summed E-state index contributed by atoms with van der Waals surface area (Å²) < 4.78 is 4.98. The van der Waals surface area contributed by atoms with Crippen molar-refractivity contribution in [3.8, 4) is 0 Å². The summed E-state index contributed by atoms with van der Waals surface area (Å²) in [5.74, 6) is -1.25. The van der Waals surface area contributed by atoms with Crippen LogP contribution in [0, 0.1) is 0 Å². The Labute approximate surface area is 200 Å². The zero-order valence-corrected chi connectivity index (χ0v) is 19.5. The molecule has 0 aliphatic heterocycles. The molecule has 0 fully saturated rings. The van der Waals surface area contributed by atoms with Gasteiger partial charge in [-0.1, -0.05) is 11.6 Å². The van der Waals surface area contributed by atoms with Crippen molar-refractivity contribution < 1.29 is 19.1 Å². The third kappa shape index (κ3) is 5.40. The summed E-state index contributed by atoms with van der Waals surface area (Å²) in [6.45, 7) is 2.05. The molecule has 33 heavy (non-hydrogen) atoms. The number of carbonyl (C=O) groups excluding carboxylic acids is 3. The molecule has 1 atom stereocenters. The molecule has 1 unspecified atom stereocenters. The number of thiazole rings is 1. The number of nitrogens with zero attached hydrogens (tertiary/aromatic N) is 1. The molecule has 170 valence electrons. The summed E-state index contributed by atoms with van der Waals surface area (Å²) in [6, 6.07) is 13.2. The van der Waals surface area contributed by atoms with Crippen LogP contribution in [0.5, 0.6) is 0 Å². The Morgan fingerprint density at radius 3 is 2.45 bits per heavy atom. The Hall–Kier alpha value is -3.23. The lowest BCUT2D eigenvalue weighted by atomic mass is 9.90. The molecule has 1 heterocycles. The van der Waals surface area contributed by atoms with Gasteiger partial charge in [-0.3, -0.25) is 14.9 Å². The van der Waals surface area contributed by atoms with Gasteiger partial charge >= 0.3 is 5.97 Å². The third-order valence-electron chi connectivity index (χ3n) is 5.26. The minimum atomic E-state index is -0.407. The SMILES string of the molecule is CCOC(=O)c1ccc(NC(=O)C2CCCc3sc(NC(=O)c4ccc(Cl)cc4)nc32)cc1. The van der Waals surface area contributed by atoms with Crippen molar-refractivity contribution in [2.24, 2.45) is 0 Å². The first-order chi connectivity index (χ1) is 15.9. The molecule has 0 spiro atoms. The number of hydrogen-bond acceptors (Lipinski definition) is 6. The molecule has 1 aromatic heterocycles. The highest BCUT2D eigenvalue weighted by Crippen LogP contribution is 2.37. The van der Waals surface area contributed by atoms with Crippen molar-refractivity contribution in [3.05, 3.63) is 75.3 Å². The van der Waals surface area contributed by atoms with Gasteiger partial charge in [0.1, 0.15) is 0 Å². The smallest absolute Gasteiger partial charge is 0.338 e. The molecule has 1 aliphatic rings. The van der Waals surface area contributed by atoms with Crippen LogP contribution in [-0.2, 0) is 16.0 Å². The Bertz CT molecular complexity index is 1180. The highest BCUT2D eigenvalue weighted by molar-refractivity contribution is 7.16. The van der Waals surface area contributed by atoms with Gasteiger partial charge in [0.05, 0.1) is 23.8 Å². The molecule has 2 aromatic carbocycles. The summed E-state index contributed by atoms with van der Waals surface area (Å²) in [4.78, 5) is 42.9. The number of amides is 2. The minimum absolute atomic E-state index is 0.166. The molecular formula is C24H22ClN3O4S. The second kappa shape index (κ2) is 10.1. The van der Waals surface area contributed by atoms with Crippen LogP contribution in [0.15, 0.2) is 48.5 Å². The standard InChI is InChI=1S/C24H22ClN3O4S/c1-2-32-23(31)15-8-12-17(13-9-15)26-22(30)18-4-3-5-19-20(18)27-24(33-19)28-21(29)14-6-10-16(25)11-7-14/h6-13,18H,2-5H2,1H3,(H,26,30)(H,27,28,29). The van der Waals surface area contributed by atoms with Gasteiger partial charge in [-0.25, -0.2) is 9.78 Å². The number of anilines is 2. The molecule has 7 nitrogen and oxygen atoms in total. The number of aromatic nitrogens is 1. The van der Waals surface area contributed by atoms with Crippen LogP contribution in [0.3, 0.4) is 0 Å². The van der Waals surface area contributed by atoms with Crippen LogP contribution < -0.4 is 10.6 Å². The lowest BCUT2D eigenvalue weighted by Gasteiger charge is -2.20. The fourth-order valence-electron chi connectivity index (χ4n) is 3.63. The fraction of sp³-hybridized carbons (Fsp3) is 0.250. The molecule has 2 amide bonds. The summed E-state index contributed by atoms with van der Waals surface area (Å²) in [6.07, 6.45) is 2.36. The normalized spacial score (nSPS) is 14.8. The van der Waals surface area contributed by atoms with Crippen molar-refractivity contribution in [1.82, 2.24) is 4.98 Å². The monoisotopic (exact) mass is 483 g/mol. The van der Waals surface area contributed by atoms with E-state index < -0.39 is 11.9 Å². The van der Waals surface area contributed by atoms with Gasteiger partial charge in [-0.05, 0) is 74.7 Å². The van der Waals surface area contributed by atoms with Gasteiger partial charge in [-0.15, -0.1) is 11.3 Å². The van der Waals surface area contributed by atoms with Crippen molar-refractivity contribution >= 4 is 51.5 Å². The Morgan fingerprint density at radius 1 is 1.06 bits per heavy atom. The third-order valence-corrected chi connectivity index (χ3v) is 6.56. The van der Waals surface area contributed by atoms with E-state index in [9.17, 15) is 14.4 Å². The van der Waals surface area contributed by atoms with E-state index in [1.165, 1.54) is 11.3 Å². The Balaban J connectivity index is 1.45. The maximum Gasteiger partial charge on any atom is 0.338 e. The second-order valence-corrected chi connectivity index (χ2v) is 9.04. The molecule has 9 heteroatoms. The van der Waals surface area contributed by atoms with E-state index in [1.54, 1.807) is 55.5 Å². The van der Waals surface area contributed by atoms with E-state index >= 15 is 0 Å².